The molecule has 0 saturated carbocycles. The van der Waals surface area contributed by atoms with Crippen LogP contribution in [-0.2, 0) is 21.8 Å². The molecule has 172 valence electrons. The molecule has 0 radical (unpaired) electrons. The van der Waals surface area contributed by atoms with Gasteiger partial charge in [-0.25, -0.2) is 4.39 Å². The second-order valence-corrected chi connectivity index (χ2v) is 6.84. The van der Waals surface area contributed by atoms with Crippen LogP contribution in [0.3, 0.4) is 0 Å². The van der Waals surface area contributed by atoms with Gasteiger partial charge in [-0.1, -0.05) is 12.1 Å². The van der Waals surface area contributed by atoms with Crippen molar-refractivity contribution >= 4 is 12.4 Å². The van der Waals surface area contributed by atoms with Gasteiger partial charge < -0.3 is 14.8 Å². The number of rotatable bonds is 4. The Labute approximate surface area is 179 Å². The highest BCUT2D eigenvalue weighted by atomic mass is 35.5. The van der Waals surface area contributed by atoms with Gasteiger partial charge >= 0.3 is 12.4 Å². The Morgan fingerprint density at radius 1 is 0.968 bits per heavy atom. The molecule has 1 N–H and O–H groups in total. The summed E-state index contributed by atoms with van der Waals surface area (Å²) in [5.74, 6) is -0.454. The van der Waals surface area contributed by atoms with Crippen LogP contribution in [0.2, 0.25) is 0 Å². The van der Waals surface area contributed by atoms with E-state index in [2.05, 4.69) is 5.32 Å². The van der Waals surface area contributed by atoms with Crippen molar-refractivity contribution in [1.29, 1.82) is 0 Å². The molecule has 2 aromatic rings. The molecular formula is C20H19ClF7NO2. The first-order valence-electron chi connectivity index (χ1n) is 9.00. The highest BCUT2D eigenvalue weighted by Gasteiger charge is 2.38. The van der Waals surface area contributed by atoms with Gasteiger partial charge in [0, 0.05) is 6.54 Å². The quantitative estimate of drug-likeness (QED) is 0.548. The highest BCUT2D eigenvalue weighted by Crippen LogP contribution is 2.38. The number of alkyl halides is 6. The maximum Gasteiger partial charge on any atom is 0.416 e. The Balaban J connectivity index is 0.00000341. The predicted molar refractivity (Wildman–Crippen MR) is 100 cm³/mol. The van der Waals surface area contributed by atoms with Gasteiger partial charge in [-0.3, -0.25) is 0 Å². The van der Waals surface area contributed by atoms with Crippen molar-refractivity contribution in [1.82, 2.24) is 5.32 Å². The molecule has 3 atom stereocenters. The first kappa shape index (κ1) is 25.4. The Kier molecular flexibility index (Phi) is 7.96. The van der Waals surface area contributed by atoms with Gasteiger partial charge in [0.2, 0.25) is 0 Å². The van der Waals surface area contributed by atoms with Crippen LogP contribution in [0, 0.1) is 5.82 Å². The molecule has 31 heavy (non-hydrogen) atoms. The molecule has 3 rings (SSSR count). The summed E-state index contributed by atoms with van der Waals surface area (Å²) in [7, 11) is 0. The maximum absolute atomic E-state index is 13.2. The number of hydrogen-bond acceptors (Lipinski definition) is 3. The fourth-order valence-corrected chi connectivity index (χ4v) is 3.14. The number of nitrogens with one attached hydrogen (secondary N) is 1. The summed E-state index contributed by atoms with van der Waals surface area (Å²) in [5, 5.41) is 3.10. The molecule has 1 saturated heterocycles. The Morgan fingerprint density at radius 2 is 1.52 bits per heavy atom. The van der Waals surface area contributed by atoms with Gasteiger partial charge in [-0.05, 0) is 48.4 Å². The van der Waals surface area contributed by atoms with Crippen molar-refractivity contribution in [2.24, 2.45) is 0 Å². The molecule has 1 aliphatic heterocycles. The summed E-state index contributed by atoms with van der Waals surface area (Å²) in [6.07, 6.45) is -12.0. The van der Waals surface area contributed by atoms with E-state index in [0.717, 1.165) is 0 Å². The van der Waals surface area contributed by atoms with E-state index in [0.29, 0.717) is 24.2 Å². The predicted octanol–water partition coefficient (Wildman–Crippen LogP) is 6.05. The zero-order valence-corrected chi connectivity index (χ0v) is 16.9. The summed E-state index contributed by atoms with van der Waals surface area (Å²) in [6, 6.07) is 6.20. The molecule has 1 aliphatic rings. The molecule has 0 aromatic heterocycles. The molecule has 2 aromatic carbocycles. The van der Waals surface area contributed by atoms with E-state index in [1.165, 1.54) is 31.2 Å². The van der Waals surface area contributed by atoms with Crippen molar-refractivity contribution in [3.05, 3.63) is 70.5 Å². The summed E-state index contributed by atoms with van der Waals surface area (Å²) in [5.41, 5.74) is -2.52. The third-order valence-electron chi connectivity index (χ3n) is 4.67. The number of ether oxygens (including phenoxy) is 2. The van der Waals surface area contributed by atoms with E-state index in [9.17, 15) is 30.7 Å². The van der Waals surface area contributed by atoms with Crippen LogP contribution < -0.4 is 5.32 Å². The minimum atomic E-state index is -4.95. The van der Waals surface area contributed by atoms with Crippen LogP contribution >= 0.6 is 12.4 Å². The molecule has 1 heterocycles. The zero-order chi connectivity index (χ0) is 22.1. The molecule has 11 heteroatoms. The second-order valence-electron chi connectivity index (χ2n) is 6.84. The van der Waals surface area contributed by atoms with Gasteiger partial charge in [-0.15, -0.1) is 12.4 Å². The van der Waals surface area contributed by atoms with Crippen LogP contribution in [-0.4, -0.2) is 19.4 Å². The number of halogens is 8. The van der Waals surface area contributed by atoms with Crippen LogP contribution in [0.25, 0.3) is 0 Å². The van der Waals surface area contributed by atoms with Crippen LogP contribution in [0.4, 0.5) is 30.7 Å². The third-order valence-corrected chi connectivity index (χ3v) is 4.67. The Hall–Kier alpha value is -1.88. The summed E-state index contributed by atoms with van der Waals surface area (Å²) in [4.78, 5) is 0. The number of benzene rings is 2. The molecule has 3 nitrogen and oxygen atoms in total. The molecule has 1 fully saturated rings. The largest absolute Gasteiger partial charge is 0.416 e. The van der Waals surface area contributed by atoms with Crippen molar-refractivity contribution in [3.63, 3.8) is 0 Å². The van der Waals surface area contributed by atoms with E-state index < -0.39 is 47.7 Å². The van der Waals surface area contributed by atoms with Crippen LogP contribution in [0.1, 0.15) is 41.3 Å². The normalized spacial score (nSPS) is 20.8. The lowest BCUT2D eigenvalue weighted by atomic mass is 10.0. The smallest absolute Gasteiger partial charge is 0.349 e. The van der Waals surface area contributed by atoms with Crippen LogP contribution in [0.15, 0.2) is 42.5 Å². The van der Waals surface area contributed by atoms with Gasteiger partial charge in [0.25, 0.3) is 0 Å². The molecule has 0 spiro atoms. The van der Waals surface area contributed by atoms with E-state index in [4.69, 9.17) is 9.47 Å². The Bertz CT molecular complexity index is 839. The molecule has 0 amide bonds. The Morgan fingerprint density at radius 3 is 2.03 bits per heavy atom. The lowest BCUT2D eigenvalue weighted by Crippen LogP contribution is -2.43. The van der Waals surface area contributed by atoms with Crippen molar-refractivity contribution in [3.8, 4) is 0 Å². The lowest BCUT2D eigenvalue weighted by molar-refractivity contribution is -0.200. The molecule has 1 unspecified atom stereocenters. The van der Waals surface area contributed by atoms with Crippen LogP contribution in [0.5, 0.6) is 0 Å². The van der Waals surface area contributed by atoms with Gasteiger partial charge in [0.1, 0.15) is 5.82 Å². The summed E-state index contributed by atoms with van der Waals surface area (Å²) < 4.78 is 103. The zero-order valence-electron chi connectivity index (χ0n) is 16.1. The summed E-state index contributed by atoms with van der Waals surface area (Å²) >= 11 is 0. The highest BCUT2D eigenvalue weighted by molar-refractivity contribution is 5.85. The average Bonchev–Trinajstić information content (AvgIpc) is 2.67. The van der Waals surface area contributed by atoms with Gasteiger partial charge in [0.05, 0.1) is 29.9 Å². The first-order chi connectivity index (χ1) is 13.9. The minimum Gasteiger partial charge on any atom is -0.349 e. The van der Waals surface area contributed by atoms with Crippen molar-refractivity contribution in [2.75, 3.05) is 13.2 Å². The third kappa shape index (κ3) is 6.31. The fourth-order valence-electron chi connectivity index (χ4n) is 3.14. The maximum atomic E-state index is 13.2. The van der Waals surface area contributed by atoms with E-state index in [1.54, 1.807) is 0 Å². The van der Waals surface area contributed by atoms with E-state index in [1.807, 2.05) is 0 Å². The van der Waals surface area contributed by atoms with Gasteiger partial charge in [-0.2, -0.15) is 26.3 Å². The average molecular weight is 474 g/mol. The minimum absolute atomic E-state index is 0. The SMILES string of the molecule is C[C@H](O[C@H]1OCCNC1c1ccc(F)cc1)c1cc(C(F)(F)F)cc(C(F)(F)F)c1.Cl. The molecule has 0 aliphatic carbocycles. The fraction of sp³-hybridized carbons (Fsp3) is 0.400. The number of hydrogen-bond donors (Lipinski definition) is 1. The van der Waals surface area contributed by atoms with Gasteiger partial charge in [0.15, 0.2) is 6.29 Å². The van der Waals surface area contributed by atoms with E-state index in [-0.39, 0.29) is 30.6 Å². The first-order valence-corrected chi connectivity index (χ1v) is 9.00. The number of morpholine rings is 1. The summed E-state index contributed by atoms with van der Waals surface area (Å²) in [6.45, 7) is 2.01. The molecule has 0 bridgehead atoms. The topological polar surface area (TPSA) is 30.5 Å². The van der Waals surface area contributed by atoms with Crippen molar-refractivity contribution < 1.29 is 40.2 Å². The molecular weight excluding hydrogens is 455 g/mol. The lowest BCUT2D eigenvalue weighted by Gasteiger charge is -2.34. The standard InChI is InChI=1S/C20H18F7NO2.ClH/c1-11(13-8-14(19(22,23)24)10-15(9-13)20(25,26)27)30-18-17(28-6-7-29-18)12-2-4-16(21)5-3-12;/h2-5,8-11,17-18,28H,6-7H2,1H3;1H/t11-,17?,18+;/m0./s1. The monoisotopic (exact) mass is 473 g/mol. The second kappa shape index (κ2) is 9.72. The van der Waals surface area contributed by atoms with E-state index >= 15 is 0 Å². The van der Waals surface area contributed by atoms with Crippen molar-refractivity contribution in [2.45, 2.75) is 37.7 Å².